The minimum Gasteiger partial charge on any atom is -0.484 e. The van der Waals surface area contributed by atoms with Gasteiger partial charge in [0.05, 0.1) is 12.6 Å². The summed E-state index contributed by atoms with van der Waals surface area (Å²) in [6.07, 6.45) is 1.68. The molecule has 1 amide bonds. The summed E-state index contributed by atoms with van der Waals surface area (Å²) in [4.78, 5) is 11.5. The molecule has 0 aliphatic carbocycles. The number of aliphatic hydroxyl groups excluding tert-OH is 1. The van der Waals surface area contributed by atoms with Crippen LogP contribution in [-0.2, 0) is 11.2 Å². The number of aryl methyl sites for hydroxylation is 1. The Morgan fingerprint density at radius 1 is 1.33 bits per heavy atom. The first-order valence-corrected chi connectivity index (χ1v) is 6.31. The lowest BCUT2D eigenvalue weighted by Crippen LogP contribution is -2.39. The molecular weight excluding hydrogens is 230 g/mol. The molecule has 0 aliphatic rings. The van der Waals surface area contributed by atoms with Crippen LogP contribution in [0.2, 0.25) is 0 Å². The van der Waals surface area contributed by atoms with Crippen LogP contribution in [0.25, 0.3) is 0 Å². The normalized spacial score (nSPS) is 11.9. The molecule has 0 unspecified atom stereocenters. The highest BCUT2D eigenvalue weighted by atomic mass is 16.5. The number of carbonyl (C=O) groups excluding carboxylic acids is 1. The number of nitrogens with one attached hydrogen (secondary N) is 1. The van der Waals surface area contributed by atoms with Gasteiger partial charge in [-0.15, -0.1) is 0 Å². The van der Waals surface area contributed by atoms with E-state index in [-0.39, 0.29) is 25.2 Å². The van der Waals surface area contributed by atoms with Gasteiger partial charge in [-0.05, 0) is 30.5 Å². The van der Waals surface area contributed by atoms with Crippen molar-refractivity contribution in [2.75, 3.05) is 13.2 Å². The molecule has 0 fully saturated rings. The van der Waals surface area contributed by atoms with Gasteiger partial charge in [-0.2, -0.15) is 0 Å². The Labute approximate surface area is 108 Å². The molecule has 0 bridgehead atoms. The first-order valence-electron chi connectivity index (χ1n) is 6.31. The smallest absolute Gasteiger partial charge is 0.258 e. The first kappa shape index (κ1) is 14.5. The maximum atomic E-state index is 11.5. The summed E-state index contributed by atoms with van der Waals surface area (Å²) >= 11 is 0. The lowest BCUT2D eigenvalue weighted by molar-refractivity contribution is -0.124. The SMILES string of the molecule is CCc1ccc(OCC(=O)N[C@H](CC)CO)cc1. The van der Waals surface area contributed by atoms with E-state index in [9.17, 15) is 4.79 Å². The van der Waals surface area contributed by atoms with Crippen LogP contribution < -0.4 is 10.1 Å². The Hall–Kier alpha value is -1.55. The van der Waals surface area contributed by atoms with Gasteiger partial charge in [-0.1, -0.05) is 26.0 Å². The van der Waals surface area contributed by atoms with E-state index < -0.39 is 0 Å². The molecule has 4 heteroatoms. The van der Waals surface area contributed by atoms with Crippen molar-refractivity contribution in [1.82, 2.24) is 5.32 Å². The summed E-state index contributed by atoms with van der Waals surface area (Å²) in [5, 5.41) is 11.7. The molecule has 1 atom stereocenters. The largest absolute Gasteiger partial charge is 0.484 e. The molecule has 0 heterocycles. The van der Waals surface area contributed by atoms with E-state index in [1.165, 1.54) is 5.56 Å². The van der Waals surface area contributed by atoms with Crippen LogP contribution in [0.15, 0.2) is 24.3 Å². The van der Waals surface area contributed by atoms with Crippen LogP contribution >= 0.6 is 0 Å². The van der Waals surface area contributed by atoms with Gasteiger partial charge in [0.25, 0.3) is 5.91 Å². The molecular formula is C14H21NO3. The van der Waals surface area contributed by atoms with Crippen molar-refractivity contribution in [3.63, 3.8) is 0 Å². The van der Waals surface area contributed by atoms with Crippen molar-refractivity contribution in [1.29, 1.82) is 0 Å². The zero-order valence-electron chi connectivity index (χ0n) is 11.0. The predicted molar refractivity (Wildman–Crippen MR) is 70.6 cm³/mol. The summed E-state index contributed by atoms with van der Waals surface area (Å²) in [5.41, 5.74) is 1.23. The summed E-state index contributed by atoms with van der Waals surface area (Å²) in [5.74, 6) is 0.467. The van der Waals surface area contributed by atoms with Gasteiger partial charge in [0.15, 0.2) is 6.61 Å². The van der Waals surface area contributed by atoms with Crippen LogP contribution in [-0.4, -0.2) is 30.3 Å². The average molecular weight is 251 g/mol. The van der Waals surface area contributed by atoms with E-state index in [0.29, 0.717) is 12.2 Å². The standard InChI is InChI=1S/C14H21NO3/c1-3-11-5-7-13(8-6-11)18-10-14(17)15-12(4-2)9-16/h5-8,12,16H,3-4,9-10H2,1-2H3,(H,15,17)/t12-/m1/s1. The van der Waals surface area contributed by atoms with E-state index in [4.69, 9.17) is 9.84 Å². The van der Waals surface area contributed by atoms with E-state index in [2.05, 4.69) is 12.2 Å². The Bertz CT molecular complexity index is 358. The number of ether oxygens (including phenoxy) is 1. The molecule has 1 rings (SSSR count). The third-order valence-corrected chi connectivity index (χ3v) is 2.78. The number of carbonyl (C=O) groups is 1. The molecule has 0 aromatic heterocycles. The minimum atomic E-state index is -0.213. The fourth-order valence-electron chi connectivity index (χ4n) is 1.52. The number of aliphatic hydroxyl groups is 1. The van der Waals surface area contributed by atoms with Crippen molar-refractivity contribution < 1.29 is 14.6 Å². The Morgan fingerprint density at radius 2 is 2.00 bits per heavy atom. The van der Waals surface area contributed by atoms with E-state index in [1.54, 1.807) is 0 Å². The average Bonchev–Trinajstić information content (AvgIpc) is 2.43. The fraction of sp³-hybridized carbons (Fsp3) is 0.500. The van der Waals surface area contributed by atoms with E-state index in [1.807, 2.05) is 31.2 Å². The number of hydrogen-bond donors (Lipinski definition) is 2. The molecule has 1 aromatic rings. The van der Waals surface area contributed by atoms with E-state index >= 15 is 0 Å². The molecule has 4 nitrogen and oxygen atoms in total. The molecule has 1 aromatic carbocycles. The van der Waals surface area contributed by atoms with Crippen LogP contribution in [0, 0.1) is 0 Å². The molecule has 0 radical (unpaired) electrons. The molecule has 0 spiro atoms. The zero-order chi connectivity index (χ0) is 13.4. The molecule has 0 saturated heterocycles. The second-order valence-electron chi connectivity index (χ2n) is 4.14. The Morgan fingerprint density at radius 3 is 2.50 bits per heavy atom. The lowest BCUT2D eigenvalue weighted by Gasteiger charge is -2.14. The molecule has 0 aliphatic heterocycles. The maximum absolute atomic E-state index is 11.5. The number of hydrogen-bond acceptors (Lipinski definition) is 3. The van der Waals surface area contributed by atoms with Crippen LogP contribution in [0.1, 0.15) is 25.8 Å². The fourth-order valence-corrected chi connectivity index (χ4v) is 1.52. The second-order valence-corrected chi connectivity index (χ2v) is 4.14. The highest BCUT2D eigenvalue weighted by Crippen LogP contribution is 2.12. The molecule has 100 valence electrons. The molecule has 0 saturated carbocycles. The van der Waals surface area contributed by atoms with Crippen LogP contribution in [0.3, 0.4) is 0 Å². The van der Waals surface area contributed by atoms with Gasteiger partial charge in [0, 0.05) is 0 Å². The summed E-state index contributed by atoms with van der Waals surface area (Å²) < 4.78 is 5.36. The highest BCUT2D eigenvalue weighted by molar-refractivity contribution is 5.77. The maximum Gasteiger partial charge on any atom is 0.258 e. The van der Waals surface area contributed by atoms with Crippen molar-refractivity contribution in [2.24, 2.45) is 0 Å². The molecule has 2 N–H and O–H groups in total. The van der Waals surface area contributed by atoms with Gasteiger partial charge >= 0.3 is 0 Å². The van der Waals surface area contributed by atoms with Crippen molar-refractivity contribution >= 4 is 5.91 Å². The topological polar surface area (TPSA) is 58.6 Å². The summed E-state index contributed by atoms with van der Waals surface area (Å²) in [6, 6.07) is 7.49. The lowest BCUT2D eigenvalue weighted by atomic mass is 10.2. The predicted octanol–water partition coefficient (Wildman–Crippen LogP) is 1.51. The van der Waals surface area contributed by atoms with E-state index in [0.717, 1.165) is 6.42 Å². The Kier molecular flexibility index (Phi) is 6.22. The van der Waals surface area contributed by atoms with Crippen molar-refractivity contribution in [2.45, 2.75) is 32.7 Å². The second kappa shape index (κ2) is 7.71. The quantitative estimate of drug-likeness (QED) is 0.772. The third-order valence-electron chi connectivity index (χ3n) is 2.78. The minimum absolute atomic E-state index is 0.0258. The zero-order valence-corrected chi connectivity index (χ0v) is 11.0. The van der Waals surface area contributed by atoms with Gasteiger partial charge in [-0.3, -0.25) is 4.79 Å². The number of benzene rings is 1. The number of rotatable bonds is 7. The van der Waals surface area contributed by atoms with Crippen LogP contribution in [0.4, 0.5) is 0 Å². The number of amides is 1. The third kappa shape index (κ3) is 4.75. The van der Waals surface area contributed by atoms with Gasteiger partial charge < -0.3 is 15.2 Å². The monoisotopic (exact) mass is 251 g/mol. The van der Waals surface area contributed by atoms with Gasteiger partial charge in [0.1, 0.15) is 5.75 Å². The van der Waals surface area contributed by atoms with Crippen molar-refractivity contribution in [3.8, 4) is 5.75 Å². The Balaban J connectivity index is 2.37. The van der Waals surface area contributed by atoms with Gasteiger partial charge in [0.2, 0.25) is 0 Å². The first-order chi connectivity index (χ1) is 8.69. The van der Waals surface area contributed by atoms with Crippen LogP contribution in [0.5, 0.6) is 5.75 Å². The van der Waals surface area contributed by atoms with Gasteiger partial charge in [-0.25, -0.2) is 0 Å². The summed E-state index contributed by atoms with van der Waals surface area (Å²) in [7, 11) is 0. The molecule has 18 heavy (non-hydrogen) atoms. The summed E-state index contributed by atoms with van der Waals surface area (Å²) in [6.45, 7) is 3.92. The van der Waals surface area contributed by atoms with Crippen molar-refractivity contribution in [3.05, 3.63) is 29.8 Å². The highest BCUT2D eigenvalue weighted by Gasteiger charge is 2.09.